The van der Waals surface area contributed by atoms with Crippen LogP contribution in [0.3, 0.4) is 0 Å². The fraction of sp³-hybridized carbons (Fsp3) is 0.103. The maximum atomic E-state index is 3.82. The molecule has 0 bridgehead atoms. The summed E-state index contributed by atoms with van der Waals surface area (Å²) in [5.74, 6) is 3.52. The predicted molar refractivity (Wildman–Crippen MR) is 133 cm³/mol. The summed E-state index contributed by atoms with van der Waals surface area (Å²) >= 11 is 0. The van der Waals surface area contributed by atoms with E-state index in [0.29, 0.717) is 0 Å². The van der Waals surface area contributed by atoms with Crippen LogP contribution in [0.1, 0.15) is 22.3 Å². The largest absolute Gasteiger partial charge is 0.189 e. The molecule has 0 nitrogen and oxygen atoms in total. The lowest BCUT2D eigenvalue weighted by atomic mass is 10.2. The summed E-state index contributed by atoms with van der Waals surface area (Å²) in [4.78, 5) is 0. The second-order valence-electron chi connectivity index (χ2n) is 7.78. The van der Waals surface area contributed by atoms with Crippen molar-refractivity contribution in [1.29, 1.82) is 0 Å². The average molecular weight is 406 g/mol. The van der Waals surface area contributed by atoms with E-state index in [4.69, 9.17) is 0 Å². The van der Waals surface area contributed by atoms with Gasteiger partial charge in [-0.25, -0.2) is 0 Å². The summed E-state index contributed by atoms with van der Waals surface area (Å²) < 4.78 is 0. The summed E-state index contributed by atoms with van der Waals surface area (Å²) in [6, 6.07) is 37.1. The van der Waals surface area contributed by atoms with Gasteiger partial charge in [0, 0.05) is 5.56 Å². The molecule has 0 amide bonds. The smallest absolute Gasteiger partial charge is 0.0622 e. The van der Waals surface area contributed by atoms with Gasteiger partial charge in [0.1, 0.15) is 15.9 Å². The Hall–Kier alpha value is -3.13. The summed E-state index contributed by atoms with van der Waals surface area (Å²) in [5.41, 5.74) is 8.66. The third-order valence-electron chi connectivity index (χ3n) is 5.41. The highest BCUT2D eigenvalue weighted by molar-refractivity contribution is 7.99. The molecule has 0 heterocycles. The van der Waals surface area contributed by atoms with E-state index in [1.165, 1.54) is 32.6 Å². The molecule has 0 aromatic heterocycles. The molecular weight excluding hydrogens is 379 g/mol. The van der Waals surface area contributed by atoms with Gasteiger partial charge in [0.15, 0.2) is 7.26 Å². The molecule has 4 rings (SSSR count). The number of hydrogen-bond donors (Lipinski definition) is 0. The second-order valence-corrected chi connectivity index (χ2v) is 10.9. The van der Waals surface area contributed by atoms with E-state index >= 15 is 0 Å². The quantitative estimate of drug-likeness (QED) is 0.293. The SMILES string of the molecule is Cc1ccc([P+](C#Cc2ccccc2)(c2ccc(C)cc2)c2ccc(C)cc2)cc1. The van der Waals surface area contributed by atoms with Crippen molar-refractivity contribution in [2.24, 2.45) is 0 Å². The molecule has 0 atom stereocenters. The first kappa shape index (κ1) is 20.2. The Kier molecular flexibility index (Phi) is 5.85. The maximum absolute atomic E-state index is 3.82. The van der Waals surface area contributed by atoms with Crippen LogP contribution in [0, 0.1) is 32.4 Å². The van der Waals surface area contributed by atoms with Crippen LogP contribution >= 0.6 is 7.26 Å². The topological polar surface area (TPSA) is 0 Å². The molecule has 0 fully saturated rings. The van der Waals surface area contributed by atoms with Gasteiger partial charge >= 0.3 is 0 Å². The van der Waals surface area contributed by atoms with Gasteiger partial charge in [-0.2, -0.15) is 0 Å². The normalized spacial score (nSPS) is 10.9. The Bertz CT molecular complexity index is 1060. The summed E-state index contributed by atoms with van der Waals surface area (Å²) in [5, 5.41) is 3.89. The van der Waals surface area contributed by atoms with Gasteiger partial charge in [-0.05, 0) is 75.2 Å². The zero-order chi connectivity index (χ0) is 21.0. The van der Waals surface area contributed by atoms with Crippen molar-refractivity contribution in [3.05, 3.63) is 125 Å². The van der Waals surface area contributed by atoms with Gasteiger partial charge in [-0.15, -0.1) is 0 Å². The van der Waals surface area contributed by atoms with Crippen molar-refractivity contribution in [2.75, 3.05) is 0 Å². The summed E-state index contributed by atoms with van der Waals surface area (Å²) in [7, 11) is -2.14. The van der Waals surface area contributed by atoms with Crippen LogP contribution in [0.4, 0.5) is 0 Å². The van der Waals surface area contributed by atoms with Crippen LogP contribution in [0.15, 0.2) is 103 Å². The minimum atomic E-state index is -2.14. The average Bonchev–Trinajstić information content (AvgIpc) is 2.78. The van der Waals surface area contributed by atoms with Gasteiger partial charge in [-0.3, -0.25) is 0 Å². The number of rotatable bonds is 3. The van der Waals surface area contributed by atoms with E-state index in [1.807, 2.05) is 18.2 Å². The van der Waals surface area contributed by atoms with Crippen LogP contribution in [0.25, 0.3) is 0 Å². The van der Waals surface area contributed by atoms with Crippen molar-refractivity contribution in [1.82, 2.24) is 0 Å². The van der Waals surface area contributed by atoms with Crippen molar-refractivity contribution in [3.63, 3.8) is 0 Å². The molecule has 0 aliphatic heterocycles. The molecule has 0 N–H and O–H groups in total. The molecule has 0 saturated heterocycles. The molecular formula is C29H26P+. The lowest BCUT2D eigenvalue weighted by molar-refractivity contribution is 1.48. The lowest BCUT2D eigenvalue weighted by Gasteiger charge is -2.21. The van der Waals surface area contributed by atoms with Gasteiger partial charge < -0.3 is 0 Å². The van der Waals surface area contributed by atoms with E-state index in [1.54, 1.807) is 0 Å². The minimum Gasteiger partial charge on any atom is -0.0622 e. The fourth-order valence-electron chi connectivity index (χ4n) is 3.62. The van der Waals surface area contributed by atoms with Crippen LogP contribution in [0.2, 0.25) is 0 Å². The Morgan fingerprint density at radius 3 is 1.20 bits per heavy atom. The molecule has 0 spiro atoms. The van der Waals surface area contributed by atoms with Crippen LogP contribution in [0.5, 0.6) is 0 Å². The zero-order valence-corrected chi connectivity index (χ0v) is 18.7. The van der Waals surface area contributed by atoms with Crippen LogP contribution in [-0.2, 0) is 0 Å². The zero-order valence-electron chi connectivity index (χ0n) is 17.8. The van der Waals surface area contributed by atoms with E-state index in [9.17, 15) is 0 Å². The molecule has 30 heavy (non-hydrogen) atoms. The third-order valence-corrected chi connectivity index (χ3v) is 9.07. The fourth-order valence-corrected chi connectivity index (χ4v) is 6.98. The summed E-state index contributed by atoms with van der Waals surface area (Å²) in [6.07, 6.45) is 0. The van der Waals surface area contributed by atoms with Gasteiger partial charge in [0.25, 0.3) is 0 Å². The molecule has 4 aromatic rings. The van der Waals surface area contributed by atoms with Crippen molar-refractivity contribution in [3.8, 4) is 11.6 Å². The van der Waals surface area contributed by atoms with E-state index < -0.39 is 7.26 Å². The Labute approximate surface area is 181 Å². The standard InChI is InChI=1S/C29H26P/c1-23-9-15-27(16-10-23)30(28-17-11-24(2)12-18-28,29-19-13-25(3)14-20-29)22-21-26-7-5-4-6-8-26/h4-20H,1-3H3/q+1. The van der Waals surface area contributed by atoms with E-state index in [-0.39, 0.29) is 0 Å². The highest BCUT2D eigenvalue weighted by Crippen LogP contribution is 2.54. The molecule has 1 heteroatoms. The monoisotopic (exact) mass is 405 g/mol. The number of hydrogen-bond acceptors (Lipinski definition) is 0. The van der Waals surface area contributed by atoms with Crippen molar-refractivity contribution < 1.29 is 0 Å². The Morgan fingerprint density at radius 1 is 0.467 bits per heavy atom. The molecule has 4 aromatic carbocycles. The molecule has 0 aliphatic rings. The summed E-state index contributed by atoms with van der Waals surface area (Å²) in [6.45, 7) is 6.41. The second kappa shape index (κ2) is 8.71. The Morgan fingerprint density at radius 2 is 0.833 bits per heavy atom. The maximum Gasteiger partial charge on any atom is 0.189 e. The van der Waals surface area contributed by atoms with E-state index in [0.717, 1.165) is 5.56 Å². The third kappa shape index (κ3) is 4.09. The van der Waals surface area contributed by atoms with Crippen molar-refractivity contribution in [2.45, 2.75) is 20.8 Å². The first-order valence-corrected chi connectivity index (χ1v) is 12.1. The molecule has 0 unspecified atom stereocenters. The lowest BCUT2D eigenvalue weighted by Crippen LogP contribution is -2.30. The van der Waals surface area contributed by atoms with Gasteiger partial charge in [0.05, 0.1) is 5.66 Å². The number of benzene rings is 4. The highest BCUT2D eigenvalue weighted by Gasteiger charge is 2.45. The van der Waals surface area contributed by atoms with E-state index in [2.05, 4.69) is 117 Å². The highest BCUT2D eigenvalue weighted by atomic mass is 31.2. The van der Waals surface area contributed by atoms with Gasteiger partial charge in [0.2, 0.25) is 0 Å². The molecule has 0 saturated carbocycles. The van der Waals surface area contributed by atoms with Crippen LogP contribution in [-0.4, -0.2) is 0 Å². The van der Waals surface area contributed by atoms with Crippen molar-refractivity contribution >= 4 is 23.2 Å². The van der Waals surface area contributed by atoms with Gasteiger partial charge in [-0.1, -0.05) is 71.3 Å². The molecule has 0 aliphatic carbocycles. The van der Waals surface area contributed by atoms with Crippen LogP contribution < -0.4 is 15.9 Å². The predicted octanol–water partition coefficient (Wildman–Crippen LogP) is 5.91. The molecule has 0 radical (unpaired) electrons. The minimum absolute atomic E-state index is 1.05. The first-order chi connectivity index (χ1) is 14.6. The first-order valence-electron chi connectivity index (χ1n) is 10.3. The Balaban J connectivity index is 2.04. The molecule has 146 valence electrons. The number of aryl methyl sites for hydroxylation is 3.